The largest absolute Gasteiger partial charge is 0.492 e. The van der Waals surface area contributed by atoms with Crippen molar-refractivity contribution in [2.75, 3.05) is 44.6 Å². The van der Waals surface area contributed by atoms with Crippen molar-refractivity contribution in [3.63, 3.8) is 0 Å². The normalized spacial score (nSPS) is 13.7. The van der Waals surface area contributed by atoms with Gasteiger partial charge in [0.05, 0.1) is 30.1 Å². The minimum atomic E-state index is -0.0589. The Balaban J connectivity index is 1.48. The lowest BCUT2D eigenvalue weighted by Gasteiger charge is -2.15. The molecule has 0 aromatic carbocycles. The lowest BCUT2D eigenvalue weighted by Crippen LogP contribution is -2.26. The zero-order chi connectivity index (χ0) is 23.0. The molecule has 1 fully saturated rings. The fourth-order valence-electron chi connectivity index (χ4n) is 4.05. The van der Waals surface area contributed by atoms with Gasteiger partial charge >= 0.3 is 0 Å². The van der Waals surface area contributed by atoms with E-state index in [1.807, 2.05) is 24.4 Å². The van der Waals surface area contributed by atoms with E-state index in [1.54, 1.807) is 16.9 Å². The molecule has 4 rings (SSSR count). The summed E-state index contributed by atoms with van der Waals surface area (Å²) < 4.78 is 7.75. The fourth-order valence-corrected chi connectivity index (χ4v) is 4.05. The topological polar surface area (TPSA) is 108 Å². The highest BCUT2D eigenvalue weighted by Gasteiger charge is 2.15. The summed E-state index contributed by atoms with van der Waals surface area (Å²) in [5.41, 5.74) is 2.95. The number of pyridine rings is 2. The number of amides is 1. The van der Waals surface area contributed by atoms with Gasteiger partial charge in [-0.1, -0.05) is 0 Å². The molecule has 172 valence electrons. The van der Waals surface area contributed by atoms with E-state index in [4.69, 9.17) is 4.74 Å². The Labute approximate surface area is 193 Å². The van der Waals surface area contributed by atoms with Gasteiger partial charge in [-0.3, -0.25) is 4.79 Å². The van der Waals surface area contributed by atoms with Crippen LogP contribution in [0.5, 0.6) is 5.75 Å². The summed E-state index contributed by atoms with van der Waals surface area (Å²) in [5.74, 6) is 1.36. The van der Waals surface area contributed by atoms with Crippen molar-refractivity contribution in [3.05, 3.63) is 42.4 Å². The molecule has 4 heterocycles. The average molecular weight is 448 g/mol. The summed E-state index contributed by atoms with van der Waals surface area (Å²) >= 11 is 0. The monoisotopic (exact) mass is 447 g/mol. The molecule has 2 N–H and O–H groups in total. The molecule has 3 aromatic heterocycles. The molecule has 0 saturated carbocycles. The number of nitrogens with zero attached hydrogens (tertiary/aromatic N) is 5. The lowest BCUT2D eigenvalue weighted by atomic mass is 10.1. The predicted molar refractivity (Wildman–Crippen MR) is 126 cm³/mol. The molecule has 9 nitrogen and oxygen atoms in total. The lowest BCUT2D eigenvalue weighted by molar-refractivity contribution is -0.118. The van der Waals surface area contributed by atoms with Crippen molar-refractivity contribution in [3.8, 4) is 22.9 Å². The number of aromatic nitrogens is 3. The standard InChI is InChI=1S/C24H29N7O2/c1-18(32)26-7-8-27-23-6-5-19(15-28-23)22-13-21(17-31-24(22)20(14-25)16-29-31)33-12-4-11-30-9-2-3-10-30/h5-6,13,15-17H,2-4,7-12H2,1H3,(H,26,32)(H,27,28). The third-order valence-corrected chi connectivity index (χ3v) is 5.67. The maximum atomic E-state index is 11.0. The van der Waals surface area contributed by atoms with Gasteiger partial charge in [-0.05, 0) is 50.6 Å². The van der Waals surface area contributed by atoms with Gasteiger partial charge in [0.25, 0.3) is 0 Å². The van der Waals surface area contributed by atoms with Gasteiger partial charge in [-0.25, -0.2) is 9.50 Å². The second-order valence-electron chi connectivity index (χ2n) is 8.15. The number of nitriles is 1. The second-order valence-corrected chi connectivity index (χ2v) is 8.15. The third-order valence-electron chi connectivity index (χ3n) is 5.67. The summed E-state index contributed by atoms with van der Waals surface area (Å²) in [7, 11) is 0. The van der Waals surface area contributed by atoms with E-state index in [0.717, 1.165) is 29.6 Å². The SMILES string of the molecule is CC(=O)NCCNc1ccc(-c2cc(OCCCN3CCCC3)cn3ncc(C#N)c23)cn1. The van der Waals surface area contributed by atoms with Crippen LogP contribution in [0.4, 0.5) is 5.82 Å². The van der Waals surface area contributed by atoms with Crippen LogP contribution in [0.25, 0.3) is 16.6 Å². The number of anilines is 1. The maximum absolute atomic E-state index is 11.0. The number of hydrogen-bond donors (Lipinski definition) is 2. The average Bonchev–Trinajstić information content (AvgIpc) is 3.49. The van der Waals surface area contributed by atoms with E-state index in [0.29, 0.717) is 36.8 Å². The molecule has 0 aliphatic carbocycles. The summed E-state index contributed by atoms with van der Waals surface area (Å²) in [6.07, 6.45) is 8.71. The van der Waals surface area contributed by atoms with Gasteiger partial charge in [0, 0.05) is 43.9 Å². The van der Waals surface area contributed by atoms with E-state index >= 15 is 0 Å². The van der Waals surface area contributed by atoms with Crippen LogP contribution in [0.1, 0.15) is 31.7 Å². The smallest absolute Gasteiger partial charge is 0.216 e. The minimum absolute atomic E-state index is 0.0589. The summed E-state index contributed by atoms with van der Waals surface area (Å²) in [4.78, 5) is 17.9. The number of ether oxygens (including phenoxy) is 1. The molecule has 0 bridgehead atoms. The van der Waals surface area contributed by atoms with Crippen molar-refractivity contribution >= 4 is 17.2 Å². The van der Waals surface area contributed by atoms with E-state index in [1.165, 1.54) is 32.9 Å². The first-order valence-electron chi connectivity index (χ1n) is 11.4. The van der Waals surface area contributed by atoms with Crippen LogP contribution < -0.4 is 15.4 Å². The molecule has 1 aliphatic heterocycles. The zero-order valence-corrected chi connectivity index (χ0v) is 18.9. The van der Waals surface area contributed by atoms with Crippen LogP contribution in [-0.2, 0) is 4.79 Å². The molecule has 33 heavy (non-hydrogen) atoms. The van der Waals surface area contributed by atoms with Crippen LogP contribution in [0.15, 0.2) is 36.8 Å². The number of likely N-dealkylation sites (tertiary alicyclic amines) is 1. The second kappa shape index (κ2) is 10.8. The van der Waals surface area contributed by atoms with Crippen molar-refractivity contribution in [1.82, 2.24) is 24.8 Å². The van der Waals surface area contributed by atoms with Gasteiger partial charge in [0.2, 0.25) is 5.91 Å². The molecule has 1 saturated heterocycles. The first-order valence-corrected chi connectivity index (χ1v) is 11.4. The van der Waals surface area contributed by atoms with Crippen LogP contribution in [0, 0.1) is 11.3 Å². The van der Waals surface area contributed by atoms with E-state index in [-0.39, 0.29) is 5.91 Å². The van der Waals surface area contributed by atoms with Crippen molar-refractivity contribution in [1.29, 1.82) is 5.26 Å². The number of rotatable bonds is 10. The van der Waals surface area contributed by atoms with Gasteiger partial charge in [-0.2, -0.15) is 10.4 Å². The molecule has 0 atom stereocenters. The highest BCUT2D eigenvalue weighted by molar-refractivity contribution is 5.85. The van der Waals surface area contributed by atoms with Crippen LogP contribution in [0.2, 0.25) is 0 Å². The molecule has 0 spiro atoms. The summed E-state index contributed by atoms with van der Waals surface area (Å²) in [5, 5.41) is 19.8. The highest BCUT2D eigenvalue weighted by Crippen LogP contribution is 2.31. The first kappa shape index (κ1) is 22.6. The number of fused-ring (bicyclic) bond motifs is 1. The molecule has 1 aliphatic rings. The first-order chi connectivity index (χ1) is 16.1. The Morgan fingerprint density at radius 1 is 1.24 bits per heavy atom. The van der Waals surface area contributed by atoms with E-state index in [2.05, 4.69) is 31.7 Å². The van der Waals surface area contributed by atoms with Crippen molar-refractivity contribution in [2.45, 2.75) is 26.2 Å². The van der Waals surface area contributed by atoms with Crippen molar-refractivity contribution < 1.29 is 9.53 Å². The van der Waals surface area contributed by atoms with Gasteiger partial charge in [0.15, 0.2) is 0 Å². The Kier molecular flexibility index (Phi) is 7.37. The van der Waals surface area contributed by atoms with Gasteiger partial charge < -0.3 is 20.3 Å². The minimum Gasteiger partial charge on any atom is -0.492 e. The van der Waals surface area contributed by atoms with Gasteiger partial charge in [0.1, 0.15) is 17.6 Å². The predicted octanol–water partition coefficient (Wildman–Crippen LogP) is 2.68. The quantitative estimate of drug-likeness (QED) is 0.460. The number of carbonyl (C=O) groups is 1. The highest BCUT2D eigenvalue weighted by atomic mass is 16.5. The number of carbonyl (C=O) groups excluding carboxylic acids is 1. The summed E-state index contributed by atoms with van der Waals surface area (Å²) in [6.45, 7) is 6.65. The number of nitrogens with one attached hydrogen (secondary N) is 2. The Morgan fingerprint density at radius 3 is 2.82 bits per heavy atom. The van der Waals surface area contributed by atoms with Crippen LogP contribution >= 0.6 is 0 Å². The van der Waals surface area contributed by atoms with Crippen molar-refractivity contribution in [2.24, 2.45) is 0 Å². The van der Waals surface area contributed by atoms with Gasteiger partial charge in [-0.15, -0.1) is 0 Å². The summed E-state index contributed by atoms with van der Waals surface area (Å²) in [6, 6.07) is 8.01. The molecule has 1 amide bonds. The Hall–Kier alpha value is -3.64. The molecular formula is C24H29N7O2. The van der Waals surface area contributed by atoms with E-state index in [9.17, 15) is 10.1 Å². The molecule has 3 aromatic rings. The molecular weight excluding hydrogens is 418 g/mol. The molecule has 9 heteroatoms. The van der Waals surface area contributed by atoms with Crippen LogP contribution in [-0.4, -0.2) is 64.7 Å². The molecule has 0 radical (unpaired) electrons. The van der Waals surface area contributed by atoms with Crippen LogP contribution in [0.3, 0.4) is 0 Å². The third kappa shape index (κ3) is 5.79. The molecule has 0 unspecified atom stereocenters. The zero-order valence-electron chi connectivity index (χ0n) is 18.9. The fraction of sp³-hybridized carbons (Fsp3) is 0.417. The van der Waals surface area contributed by atoms with E-state index < -0.39 is 0 Å². The Morgan fingerprint density at radius 2 is 2.09 bits per heavy atom. The Bertz CT molecular complexity index is 1130. The maximum Gasteiger partial charge on any atom is 0.216 e. The number of hydrogen-bond acceptors (Lipinski definition) is 7.